The Morgan fingerprint density at radius 2 is 1.81 bits per heavy atom. The van der Waals surface area contributed by atoms with Gasteiger partial charge < -0.3 is 15.2 Å². The van der Waals surface area contributed by atoms with Crippen molar-refractivity contribution < 1.29 is 9.84 Å². The minimum absolute atomic E-state index is 0.318. The van der Waals surface area contributed by atoms with Crippen LogP contribution in [0.15, 0.2) is 18.2 Å². The number of aromatic nitrogens is 2. The summed E-state index contributed by atoms with van der Waals surface area (Å²) in [6, 6.07) is 5.67. The van der Waals surface area contributed by atoms with Crippen LogP contribution in [0.5, 0.6) is 5.75 Å². The summed E-state index contributed by atoms with van der Waals surface area (Å²) >= 11 is 0. The first-order chi connectivity index (χ1) is 10.0. The highest BCUT2D eigenvalue weighted by molar-refractivity contribution is 5.62. The molecule has 1 aromatic heterocycles. The van der Waals surface area contributed by atoms with Crippen molar-refractivity contribution in [1.29, 1.82) is 0 Å². The Morgan fingerprint density at radius 1 is 1.14 bits per heavy atom. The normalized spacial score (nSPS) is 10.7. The number of hydrogen-bond acceptors (Lipinski definition) is 5. The molecule has 5 nitrogen and oxygen atoms in total. The van der Waals surface area contributed by atoms with Crippen molar-refractivity contribution in [2.24, 2.45) is 0 Å². The fraction of sp³-hybridized carbons (Fsp3) is 0.375. The minimum Gasteiger partial charge on any atom is -0.507 e. The van der Waals surface area contributed by atoms with Gasteiger partial charge in [-0.05, 0) is 44.0 Å². The van der Waals surface area contributed by atoms with E-state index in [0.29, 0.717) is 18.2 Å². The van der Waals surface area contributed by atoms with E-state index < -0.39 is 0 Å². The summed E-state index contributed by atoms with van der Waals surface area (Å²) in [5, 5.41) is 13.1. The SMILES string of the molecule is CCNc1cc(COC)nc(-c2cc(C)c(O)c(C)c2)n1. The maximum atomic E-state index is 9.88. The van der Waals surface area contributed by atoms with Gasteiger partial charge in [-0.2, -0.15) is 0 Å². The standard InChI is InChI=1S/C16H21N3O2/c1-5-17-14-8-13(9-21-4)18-16(19-14)12-6-10(2)15(20)11(3)7-12/h6-8,20H,5,9H2,1-4H3,(H,17,18,19). The van der Waals surface area contributed by atoms with Crippen LogP contribution in [0.1, 0.15) is 23.7 Å². The molecular formula is C16H21N3O2. The first-order valence-corrected chi connectivity index (χ1v) is 6.96. The third kappa shape index (κ3) is 3.49. The zero-order valence-corrected chi connectivity index (χ0v) is 12.9. The minimum atomic E-state index is 0.318. The molecule has 1 aromatic carbocycles. The number of methoxy groups -OCH3 is 1. The summed E-state index contributed by atoms with van der Waals surface area (Å²) in [6.07, 6.45) is 0. The number of nitrogens with zero attached hydrogens (tertiary/aromatic N) is 2. The van der Waals surface area contributed by atoms with Crippen LogP contribution >= 0.6 is 0 Å². The van der Waals surface area contributed by atoms with Crippen LogP contribution < -0.4 is 5.32 Å². The molecule has 0 saturated heterocycles. The zero-order chi connectivity index (χ0) is 15.4. The van der Waals surface area contributed by atoms with E-state index in [9.17, 15) is 5.11 Å². The molecule has 2 N–H and O–H groups in total. The second kappa shape index (κ2) is 6.54. The van der Waals surface area contributed by atoms with Crippen LogP contribution in [0.25, 0.3) is 11.4 Å². The lowest BCUT2D eigenvalue weighted by Gasteiger charge is -2.11. The molecule has 0 atom stereocenters. The third-order valence-corrected chi connectivity index (χ3v) is 3.18. The third-order valence-electron chi connectivity index (χ3n) is 3.18. The molecule has 0 aliphatic carbocycles. The number of phenols is 1. The quantitative estimate of drug-likeness (QED) is 0.884. The molecule has 2 rings (SSSR count). The summed E-state index contributed by atoms with van der Waals surface area (Å²) in [4.78, 5) is 9.06. The lowest BCUT2D eigenvalue weighted by atomic mass is 10.1. The predicted octanol–water partition coefficient (Wildman–Crippen LogP) is 3.04. The number of aromatic hydroxyl groups is 1. The van der Waals surface area contributed by atoms with Gasteiger partial charge in [-0.3, -0.25) is 0 Å². The number of phenolic OH excluding ortho intramolecular Hbond substituents is 1. The number of hydrogen-bond donors (Lipinski definition) is 2. The van der Waals surface area contributed by atoms with Gasteiger partial charge in [0.2, 0.25) is 0 Å². The molecule has 0 amide bonds. The molecule has 0 radical (unpaired) electrons. The monoisotopic (exact) mass is 287 g/mol. The fourth-order valence-corrected chi connectivity index (χ4v) is 2.21. The van der Waals surface area contributed by atoms with Gasteiger partial charge in [0.15, 0.2) is 5.82 Å². The van der Waals surface area contributed by atoms with E-state index in [4.69, 9.17) is 4.74 Å². The highest BCUT2D eigenvalue weighted by Crippen LogP contribution is 2.28. The Hall–Kier alpha value is -2.14. The van der Waals surface area contributed by atoms with Gasteiger partial charge in [-0.15, -0.1) is 0 Å². The molecule has 0 fully saturated rings. The van der Waals surface area contributed by atoms with Crippen molar-refractivity contribution in [2.45, 2.75) is 27.4 Å². The van der Waals surface area contributed by atoms with Crippen molar-refractivity contribution in [3.8, 4) is 17.1 Å². The highest BCUT2D eigenvalue weighted by atomic mass is 16.5. The van der Waals surface area contributed by atoms with Crippen molar-refractivity contribution in [1.82, 2.24) is 9.97 Å². The molecule has 0 spiro atoms. The Bertz CT molecular complexity index is 594. The molecule has 5 heteroatoms. The largest absolute Gasteiger partial charge is 0.507 e. The predicted molar refractivity (Wildman–Crippen MR) is 83.5 cm³/mol. The highest BCUT2D eigenvalue weighted by Gasteiger charge is 2.10. The lowest BCUT2D eigenvalue weighted by Crippen LogP contribution is -2.05. The molecule has 112 valence electrons. The summed E-state index contributed by atoms with van der Waals surface area (Å²) in [6.45, 7) is 6.99. The molecule has 1 heterocycles. The van der Waals surface area contributed by atoms with Crippen LogP contribution in [-0.2, 0) is 11.3 Å². The average Bonchev–Trinajstić information content (AvgIpc) is 2.44. The molecule has 0 aliphatic rings. The number of anilines is 1. The topological polar surface area (TPSA) is 67.3 Å². The molecule has 0 saturated carbocycles. The average molecular weight is 287 g/mol. The number of ether oxygens (including phenoxy) is 1. The first kappa shape index (κ1) is 15.3. The second-order valence-electron chi connectivity index (χ2n) is 4.99. The molecule has 21 heavy (non-hydrogen) atoms. The molecule has 2 aromatic rings. The Kier molecular flexibility index (Phi) is 4.75. The van der Waals surface area contributed by atoms with E-state index in [2.05, 4.69) is 15.3 Å². The Labute approximate surface area is 125 Å². The summed E-state index contributed by atoms with van der Waals surface area (Å²) < 4.78 is 5.16. The molecule has 0 bridgehead atoms. The fourth-order valence-electron chi connectivity index (χ4n) is 2.21. The van der Waals surface area contributed by atoms with E-state index in [-0.39, 0.29) is 0 Å². The van der Waals surface area contributed by atoms with Crippen LogP contribution in [0.4, 0.5) is 5.82 Å². The van der Waals surface area contributed by atoms with Gasteiger partial charge in [-0.25, -0.2) is 9.97 Å². The van der Waals surface area contributed by atoms with Gasteiger partial charge >= 0.3 is 0 Å². The maximum Gasteiger partial charge on any atom is 0.161 e. The summed E-state index contributed by atoms with van der Waals surface area (Å²) in [5.41, 5.74) is 3.34. The van der Waals surface area contributed by atoms with Crippen molar-refractivity contribution >= 4 is 5.82 Å². The van der Waals surface area contributed by atoms with Crippen molar-refractivity contribution in [3.05, 3.63) is 35.0 Å². The van der Waals surface area contributed by atoms with E-state index in [1.807, 2.05) is 39.0 Å². The van der Waals surface area contributed by atoms with Gasteiger partial charge in [0.25, 0.3) is 0 Å². The van der Waals surface area contributed by atoms with Gasteiger partial charge in [0, 0.05) is 25.3 Å². The van der Waals surface area contributed by atoms with E-state index in [0.717, 1.165) is 34.7 Å². The smallest absolute Gasteiger partial charge is 0.161 e. The maximum absolute atomic E-state index is 9.88. The van der Waals surface area contributed by atoms with E-state index >= 15 is 0 Å². The summed E-state index contributed by atoms with van der Waals surface area (Å²) in [5.74, 6) is 1.73. The van der Waals surface area contributed by atoms with E-state index in [1.165, 1.54) is 0 Å². The number of aryl methyl sites for hydroxylation is 2. The first-order valence-electron chi connectivity index (χ1n) is 6.96. The second-order valence-corrected chi connectivity index (χ2v) is 4.99. The van der Waals surface area contributed by atoms with Crippen molar-refractivity contribution in [3.63, 3.8) is 0 Å². The summed E-state index contributed by atoms with van der Waals surface area (Å²) in [7, 11) is 1.64. The lowest BCUT2D eigenvalue weighted by molar-refractivity contribution is 0.181. The number of rotatable bonds is 5. The number of benzene rings is 1. The molecular weight excluding hydrogens is 266 g/mol. The van der Waals surface area contributed by atoms with Gasteiger partial charge in [0.05, 0.1) is 12.3 Å². The molecule has 0 unspecified atom stereocenters. The van der Waals surface area contributed by atoms with Crippen LogP contribution in [0.2, 0.25) is 0 Å². The number of nitrogens with one attached hydrogen (secondary N) is 1. The van der Waals surface area contributed by atoms with Gasteiger partial charge in [-0.1, -0.05) is 0 Å². The van der Waals surface area contributed by atoms with Crippen molar-refractivity contribution in [2.75, 3.05) is 19.0 Å². The van der Waals surface area contributed by atoms with Gasteiger partial charge in [0.1, 0.15) is 11.6 Å². The van der Waals surface area contributed by atoms with E-state index in [1.54, 1.807) is 7.11 Å². The van der Waals surface area contributed by atoms with Crippen LogP contribution in [-0.4, -0.2) is 28.7 Å². The Balaban J connectivity index is 2.51. The zero-order valence-electron chi connectivity index (χ0n) is 12.9. The van der Waals surface area contributed by atoms with Crippen LogP contribution in [0, 0.1) is 13.8 Å². The molecule has 0 aliphatic heterocycles. The van der Waals surface area contributed by atoms with Crippen LogP contribution in [0.3, 0.4) is 0 Å². The Morgan fingerprint density at radius 3 is 2.38 bits per heavy atom.